The Morgan fingerprint density at radius 2 is 1.90 bits per heavy atom. The minimum atomic E-state index is 0.666. The zero-order valence-electron chi connectivity index (χ0n) is 12.0. The van der Waals surface area contributed by atoms with Crippen molar-refractivity contribution in [1.82, 2.24) is 5.32 Å². The molecule has 0 radical (unpaired) electrons. The largest absolute Gasteiger partial charge is 0.398 e. The number of rotatable bonds is 3. The number of nitrogen functional groups attached to an aromatic ring is 1. The maximum atomic E-state index is 7.68. The van der Waals surface area contributed by atoms with Crippen molar-refractivity contribution in [3.8, 4) is 0 Å². The average Bonchev–Trinajstić information content (AvgIpc) is 3.01. The Bertz CT molecular complexity index is 485. The van der Waals surface area contributed by atoms with Gasteiger partial charge in [0, 0.05) is 49.3 Å². The van der Waals surface area contributed by atoms with Crippen molar-refractivity contribution in [3.63, 3.8) is 0 Å². The number of piperazine rings is 1. The summed E-state index contributed by atoms with van der Waals surface area (Å²) in [6.07, 6.45) is 6.64. The molecule has 1 aromatic rings. The molecule has 1 heterocycles. The molecule has 4 heteroatoms. The van der Waals surface area contributed by atoms with Crippen LogP contribution in [0.5, 0.6) is 0 Å². The van der Waals surface area contributed by atoms with Gasteiger partial charge in [-0.05, 0) is 36.5 Å². The quantitative estimate of drug-likeness (QED) is 0.584. The van der Waals surface area contributed by atoms with E-state index in [4.69, 9.17) is 11.1 Å². The predicted octanol–water partition coefficient (Wildman–Crippen LogP) is 2.33. The van der Waals surface area contributed by atoms with Gasteiger partial charge < -0.3 is 21.4 Å². The lowest BCUT2D eigenvalue weighted by Gasteiger charge is -2.32. The lowest BCUT2D eigenvalue weighted by molar-refractivity contribution is 0.588. The topological polar surface area (TPSA) is 65.1 Å². The zero-order valence-corrected chi connectivity index (χ0v) is 12.0. The predicted molar refractivity (Wildman–Crippen MR) is 85.0 cm³/mol. The first-order chi connectivity index (χ1) is 9.79. The van der Waals surface area contributed by atoms with E-state index in [-0.39, 0.29) is 0 Å². The normalized spacial score (nSPS) is 20.3. The van der Waals surface area contributed by atoms with E-state index in [2.05, 4.69) is 22.3 Å². The summed E-state index contributed by atoms with van der Waals surface area (Å²) in [5.41, 5.74) is 10.4. The van der Waals surface area contributed by atoms with E-state index in [0.717, 1.165) is 43.1 Å². The third-order valence-electron chi connectivity index (χ3n) is 4.64. The molecule has 4 N–H and O–H groups in total. The second-order valence-corrected chi connectivity index (χ2v) is 5.91. The van der Waals surface area contributed by atoms with E-state index in [0.29, 0.717) is 5.92 Å². The van der Waals surface area contributed by atoms with Gasteiger partial charge in [0.25, 0.3) is 0 Å². The Labute approximate surface area is 120 Å². The van der Waals surface area contributed by atoms with Gasteiger partial charge in [0.1, 0.15) is 0 Å². The molecule has 3 rings (SSSR count). The van der Waals surface area contributed by atoms with Crippen LogP contribution in [0.15, 0.2) is 12.1 Å². The molecule has 1 aliphatic heterocycles. The van der Waals surface area contributed by atoms with Crippen LogP contribution in [0.4, 0.5) is 11.4 Å². The van der Waals surface area contributed by atoms with Gasteiger partial charge in [0.05, 0.1) is 0 Å². The maximum absolute atomic E-state index is 7.68. The molecule has 0 spiro atoms. The molecular weight excluding hydrogens is 248 g/mol. The van der Waals surface area contributed by atoms with Gasteiger partial charge in [-0.25, -0.2) is 0 Å². The number of anilines is 2. The molecule has 1 saturated carbocycles. The summed E-state index contributed by atoms with van der Waals surface area (Å²) >= 11 is 0. The average molecular weight is 272 g/mol. The fourth-order valence-corrected chi connectivity index (χ4v) is 3.50. The van der Waals surface area contributed by atoms with Crippen LogP contribution in [0.3, 0.4) is 0 Å². The van der Waals surface area contributed by atoms with Crippen LogP contribution in [-0.4, -0.2) is 32.4 Å². The van der Waals surface area contributed by atoms with Crippen LogP contribution < -0.4 is 16.0 Å². The first kappa shape index (κ1) is 13.4. The molecule has 0 amide bonds. The van der Waals surface area contributed by atoms with E-state index >= 15 is 0 Å². The van der Waals surface area contributed by atoms with Crippen molar-refractivity contribution in [2.24, 2.45) is 0 Å². The van der Waals surface area contributed by atoms with Crippen molar-refractivity contribution in [3.05, 3.63) is 23.3 Å². The highest BCUT2D eigenvalue weighted by molar-refractivity contribution is 5.93. The van der Waals surface area contributed by atoms with Crippen molar-refractivity contribution in [2.75, 3.05) is 36.8 Å². The monoisotopic (exact) mass is 272 g/mol. The Hall–Kier alpha value is -1.55. The SMILES string of the molecule is N=Cc1c(N)cc(C2CCCC2)cc1N1CCNCC1. The molecule has 0 bridgehead atoms. The fraction of sp³-hybridized carbons (Fsp3) is 0.562. The highest BCUT2D eigenvalue weighted by Crippen LogP contribution is 2.38. The Kier molecular flexibility index (Phi) is 3.92. The Morgan fingerprint density at radius 3 is 2.55 bits per heavy atom. The van der Waals surface area contributed by atoms with E-state index in [1.165, 1.54) is 37.5 Å². The molecular formula is C16H24N4. The van der Waals surface area contributed by atoms with Gasteiger partial charge in [-0.15, -0.1) is 0 Å². The number of nitrogens with two attached hydrogens (primary N) is 1. The van der Waals surface area contributed by atoms with E-state index < -0.39 is 0 Å². The lowest BCUT2D eigenvalue weighted by Crippen LogP contribution is -2.44. The van der Waals surface area contributed by atoms with E-state index in [9.17, 15) is 0 Å². The Balaban J connectivity index is 1.97. The molecule has 0 aromatic heterocycles. The molecule has 4 nitrogen and oxygen atoms in total. The molecule has 1 aromatic carbocycles. The standard InChI is InChI=1S/C16H24N4/c17-11-14-15(18)9-13(12-3-1-2-4-12)10-16(14)20-7-5-19-6-8-20/h9-12,17,19H,1-8,18H2. The summed E-state index contributed by atoms with van der Waals surface area (Å²) in [4.78, 5) is 2.37. The summed E-state index contributed by atoms with van der Waals surface area (Å²) in [6, 6.07) is 4.39. The number of nitrogens with zero attached hydrogens (tertiary/aromatic N) is 1. The first-order valence-corrected chi connectivity index (χ1v) is 7.69. The third kappa shape index (κ3) is 2.52. The maximum Gasteiger partial charge on any atom is 0.0479 e. The highest BCUT2D eigenvalue weighted by atomic mass is 15.2. The molecule has 2 aliphatic rings. The van der Waals surface area contributed by atoms with Gasteiger partial charge in [0.15, 0.2) is 0 Å². The second kappa shape index (κ2) is 5.83. The molecule has 2 fully saturated rings. The molecule has 20 heavy (non-hydrogen) atoms. The van der Waals surface area contributed by atoms with Crippen molar-refractivity contribution >= 4 is 17.6 Å². The molecule has 108 valence electrons. The van der Waals surface area contributed by atoms with Crippen LogP contribution in [0, 0.1) is 5.41 Å². The van der Waals surface area contributed by atoms with Crippen LogP contribution in [0.1, 0.15) is 42.7 Å². The number of hydrogen-bond acceptors (Lipinski definition) is 4. The molecule has 1 aliphatic carbocycles. The molecule has 0 unspecified atom stereocenters. The van der Waals surface area contributed by atoms with Crippen molar-refractivity contribution in [1.29, 1.82) is 5.41 Å². The van der Waals surface area contributed by atoms with Crippen LogP contribution in [0.2, 0.25) is 0 Å². The summed E-state index contributed by atoms with van der Waals surface area (Å²) in [7, 11) is 0. The number of nitrogens with one attached hydrogen (secondary N) is 2. The smallest absolute Gasteiger partial charge is 0.0479 e. The zero-order chi connectivity index (χ0) is 13.9. The second-order valence-electron chi connectivity index (χ2n) is 5.91. The van der Waals surface area contributed by atoms with Gasteiger partial charge in [-0.1, -0.05) is 12.8 Å². The van der Waals surface area contributed by atoms with Crippen LogP contribution in [0.25, 0.3) is 0 Å². The summed E-state index contributed by atoms with van der Waals surface area (Å²) in [5.74, 6) is 0.666. The fourth-order valence-electron chi connectivity index (χ4n) is 3.50. The molecule has 1 saturated heterocycles. The minimum Gasteiger partial charge on any atom is -0.398 e. The van der Waals surface area contributed by atoms with Crippen molar-refractivity contribution < 1.29 is 0 Å². The van der Waals surface area contributed by atoms with Gasteiger partial charge in [-0.2, -0.15) is 0 Å². The van der Waals surface area contributed by atoms with Crippen molar-refractivity contribution in [2.45, 2.75) is 31.6 Å². The van der Waals surface area contributed by atoms with Crippen LogP contribution in [-0.2, 0) is 0 Å². The van der Waals surface area contributed by atoms with Gasteiger partial charge in [0.2, 0.25) is 0 Å². The minimum absolute atomic E-state index is 0.666. The van der Waals surface area contributed by atoms with Gasteiger partial charge >= 0.3 is 0 Å². The first-order valence-electron chi connectivity index (χ1n) is 7.69. The summed E-state index contributed by atoms with van der Waals surface area (Å²) < 4.78 is 0. The van der Waals surface area contributed by atoms with Crippen LogP contribution >= 0.6 is 0 Å². The lowest BCUT2D eigenvalue weighted by atomic mass is 9.94. The van der Waals surface area contributed by atoms with E-state index in [1.807, 2.05) is 0 Å². The third-order valence-corrected chi connectivity index (χ3v) is 4.64. The summed E-state index contributed by atoms with van der Waals surface area (Å²) in [5, 5.41) is 11.1. The van der Waals surface area contributed by atoms with Gasteiger partial charge in [-0.3, -0.25) is 0 Å². The number of hydrogen-bond donors (Lipinski definition) is 3. The molecule has 0 atom stereocenters. The summed E-state index contributed by atoms with van der Waals surface area (Å²) in [6.45, 7) is 4.00. The Morgan fingerprint density at radius 1 is 1.20 bits per heavy atom. The van der Waals surface area contributed by atoms with E-state index in [1.54, 1.807) is 0 Å². The highest BCUT2D eigenvalue weighted by Gasteiger charge is 2.21. The number of benzene rings is 1.